The van der Waals surface area contributed by atoms with Crippen molar-refractivity contribution in [3.8, 4) is 5.75 Å². The van der Waals surface area contributed by atoms with Crippen molar-refractivity contribution in [2.24, 2.45) is 0 Å². The number of carbonyl (C=O) groups excluding carboxylic acids is 1. The molecule has 0 aliphatic heterocycles. The molecule has 0 aliphatic carbocycles. The molecule has 0 heterocycles. The van der Waals surface area contributed by atoms with Gasteiger partial charge in [-0.15, -0.1) is 0 Å². The summed E-state index contributed by atoms with van der Waals surface area (Å²) >= 11 is 3.45. The fourth-order valence-corrected chi connectivity index (χ4v) is 2.05. The van der Waals surface area contributed by atoms with Crippen LogP contribution in [0.4, 0.5) is 0 Å². The highest BCUT2D eigenvalue weighted by molar-refractivity contribution is 9.10. The summed E-state index contributed by atoms with van der Waals surface area (Å²) in [7, 11) is 1.60. The molecule has 0 atom stereocenters. The lowest BCUT2D eigenvalue weighted by molar-refractivity contribution is 0.112. The van der Waals surface area contributed by atoms with Gasteiger partial charge in [-0.25, -0.2) is 0 Å². The summed E-state index contributed by atoms with van der Waals surface area (Å²) in [5.74, 6) is 0.718. The van der Waals surface area contributed by atoms with E-state index in [1.54, 1.807) is 13.2 Å². The van der Waals surface area contributed by atoms with Gasteiger partial charge in [-0.1, -0.05) is 28.1 Å². The van der Waals surface area contributed by atoms with Crippen LogP contribution in [0, 0.1) is 0 Å². The van der Waals surface area contributed by atoms with Gasteiger partial charge < -0.3 is 4.74 Å². The largest absolute Gasteiger partial charge is 0.496 e. The molecule has 0 fully saturated rings. The van der Waals surface area contributed by atoms with E-state index in [1.165, 1.54) is 0 Å². The molecular formula is C12H9BrO2. The second-order valence-electron chi connectivity index (χ2n) is 3.18. The zero-order valence-corrected chi connectivity index (χ0v) is 9.74. The fraction of sp³-hybridized carbons (Fsp3) is 0.0833. The number of fused-ring (bicyclic) bond motifs is 1. The second-order valence-corrected chi connectivity index (χ2v) is 4.03. The van der Waals surface area contributed by atoms with Crippen LogP contribution in [0.2, 0.25) is 0 Å². The van der Waals surface area contributed by atoms with Gasteiger partial charge >= 0.3 is 0 Å². The third-order valence-corrected chi connectivity index (χ3v) is 2.97. The molecule has 0 spiro atoms. The third kappa shape index (κ3) is 1.75. The summed E-state index contributed by atoms with van der Waals surface area (Å²) in [6.45, 7) is 0. The predicted molar refractivity (Wildman–Crippen MR) is 63.6 cm³/mol. The van der Waals surface area contributed by atoms with Crippen molar-refractivity contribution in [3.63, 3.8) is 0 Å². The number of ether oxygens (including phenoxy) is 1. The fourth-order valence-electron chi connectivity index (χ4n) is 1.57. The Labute approximate surface area is 96.0 Å². The number of hydrogen-bond acceptors (Lipinski definition) is 2. The normalized spacial score (nSPS) is 10.3. The molecule has 0 aromatic heterocycles. The van der Waals surface area contributed by atoms with Crippen molar-refractivity contribution in [2.45, 2.75) is 0 Å². The summed E-state index contributed by atoms with van der Waals surface area (Å²) in [5.41, 5.74) is 0.617. The predicted octanol–water partition coefficient (Wildman–Crippen LogP) is 3.42. The quantitative estimate of drug-likeness (QED) is 0.777. The summed E-state index contributed by atoms with van der Waals surface area (Å²) < 4.78 is 6.21. The first-order valence-electron chi connectivity index (χ1n) is 4.47. The van der Waals surface area contributed by atoms with Crippen LogP contribution in [0.25, 0.3) is 10.8 Å². The maximum Gasteiger partial charge on any atom is 0.150 e. The van der Waals surface area contributed by atoms with Crippen LogP contribution in [0.3, 0.4) is 0 Å². The van der Waals surface area contributed by atoms with Gasteiger partial charge in [0.1, 0.15) is 12.0 Å². The number of carbonyl (C=O) groups is 1. The lowest BCUT2D eigenvalue weighted by Crippen LogP contribution is -1.89. The van der Waals surface area contributed by atoms with Crippen molar-refractivity contribution in [1.29, 1.82) is 0 Å². The number of aldehydes is 1. The van der Waals surface area contributed by atoms with E-state index in [2.05, 4.69) is 15.9 Å². The maximum atomic E-state index is 10.8. The van der Waals surface area contributed by atoms with E-state index in [4.69, 9.17) is 4.74 Å². The number of hydrogen-bond donors (Lipinski definition) is 0. The molecule has 2 aromatic carbocycles. The van der Waals surface area contributed by atoms with Crippen LogP contribution >= 0.6 is 15.9 Å². The molecule has 0 radical (unpaired) electrons. The average molecular weight is 265 g/mol. The highest BCUT2D eigenvalue weighted by atomic mass is 79.9. The zero-order valence-electron chi connectivity index (χ0n) is 8.16. The SMILES string of the molecule is COc1cc(C=O)cc2c(Br)cccc12. The lowest BCUT2D eigenvalue weighted by atomic mass is 10.1. The Morgan fingerprint density at radius 2 is 2.07 bits per heavy atom. The third-order valence-electron chi connectivity index (χ3n) is 2.28. The van der Waals surface area contributed by atoms with E-state index in [-0.39, 0.29) is 0 Å². The molecule has 2 rings (SSSR count). The zero-order chi connectivity index (χ0) is 10.8. The van der Waals surface area contributed by atoms with E-state index in [9.17, 15) is 4.79 Å². The molecular weight excluding hydrogens is 256 g/mol. The van der Waals surface area contributed by atoms with Crippen LogP contribution in [0.15, 0.2) is 34.8 Å². The molecule has 0 N–H and O–H groups in total. The molecule has 3 heteroatoms. The van der Waals surface area contributed by atoms with Crippen LogP contribution < -0.4 is 4.74 Å². The van der Waals surface area contributed by atoms with E-state index < -0.39 is 0 Å². The topological polar surface area (TPSA) is 26.3 Å². The average Bonchev–Trinajstić information content (AvgIpc) is 2.28. The Kier molecular flexibility index (Phi) is 2.73. The van der Waals surface area contributed by atoms with Crippen LogP contribution in [0.1, 0.15) is 10.4 Å². The van der Waals surface area contributed by atoms with Gasteiger partial charge in [0.15, 0.2) is 0 Å². The first-order valence-corrected chi connectivity index (χ1v) is 5.27. The number of rotatable bonds is 2. The Hall–Kier alpha value is -1.35. The lowest BCUT2D eigenvalue weighted by Gasteiger charge is -2.07. The first-order chi connectivity index (χ1) is 7.26. The van der Waals surface area contributed by atoms with Gasteiger partial charge in [-0.2, -0.15) is 0 Å². The highest BCUT2D eigenvalue weighted by Crippen LogP contribution is 2.31. The molecule has 2 aromatic rings. The molecule has 0 unspecified atom stereocenters. The Morgan fingerprint density at radius 3 is 2.73 bits per heavy atom. The monoisotopic (exact) mass is 264 g/mol. The van der Waals surface area contributed by atoms with Crippen molar-refractivity contribution in [3.05, 3.63) is 40.4 Å². The van der Waals surface area contributed by atoms with E-state index in [0.717, 1.165) is 27.3 Å². The second kappa shape index (κ2) is 4.03. The highest BCUT2D eigenvalue weighted by Gasteiger charge is 2.06. The van der Waals surface area contributed by atoms with Crippen LogP contribution in [-0.4, -0.2) is 13.4 Å². The molecule has 2 nitrogen and oxygen atoms in total. The smallest absolute Gasteiger partial charge is 0.150 e. The minimum atomic E-state index is 0.617. The summed E-state index contributed by atoms with van der Waals surface area (Å²) in [6, 6.07) is 9.43. The molecule has 0 saturated carbocycles. The Bertz CT molecular complexity index is 520. The molecule has 0 amide bonds. The summed E-state index contributed by atoms with van der Waals surface area (Å²) in [4.78, 5) is 10.8. The number of benzene rings is 2. The molecule has 76 valence electrons. The van der Waals surface area contributed by atoms with Crippen molar-refractivity contribution in [1.82, 2.24) is 0 Å². The van der Waals surface area contributed by atoms with Crippen LogP contribution in [0.5, 0.6) is 5.75 Å². The van der Waals surface area contributed by atoms with Gasteiger partial charge in [0.05, 0.1) is 7.11 Å². The van der Waals surface area contributed by atoms with E-state index in [0.29, 0.717) is 5.56 Å². The van der Waals surface area contributed by atoms with Gasteiger partial charge in [0.2, 0.25) is 0 Å². The maximum absolute atomic E-state index is 10.8. The van der Waals surface area contributed by atoms with E-state index in [1.807, 2.05) is 24.3 Å². The minimum absolute atomic E-state index is 0.617. The standard InChI is InChI=1S/C12H9BrO2/c1-15-12-6-8(7-14)5-10-9(12)3-2-4-11(10)13/h2-7H,1H3. The molecule has 0 saturated heterocycles. The van der Waals surface area contributed by atoms with Gasteiger partial charge in [-0.05, 0) is 18.2 Å². The number of methoxy groups -OCH3 is 1. The Balaban J connectivity index is 2.86. The van der Waals surface area contributed by atoms with Gasteiger partial charge in [-0.3, -0.25) is 4.79 Å². The summed E-state index contributed by atoms with van der Waals surface area (Å²) in [5, 5.41) is 1.98. The molecule has 0 aliphatic rings. The molecule has 0 bridgehead atoms. The summed E-state index contributed by atoms with van der Waals surface area (Å²) in [6.07, 6.45) is 0.821. The van der Waals surface area contributed by atoms with E-state index >= 15 is 0 Å². The van der Waals surface area contributed by atoms with Gasteiger partial charge in [0, 0.05) is 20.8 Å². The first kappa shape index (κ1) is 10.2. The van der Waals surface area contributed by atoms with Gasteiger partial charge in [0.25, 0.3) is 0 Å². The van der Waals surface area contributed by atoms with Crippen LogP contribution in [-0.2, 0) is 0 Å². The minimum Gasteiger partial charge on any atom is -0.496 e. The van der Waals surface area contributed by atoms with Crippen molar-refractivity contribution < 1.29 is 9.53 Å². The number of halogens is 1. The van der Waals surface area contributed by atoms with Crippen molar-refractivity contribution in [2.75, 3.05) is 7.11 Å². The molecule has 15 heavy (non-hydrogen) atoms. The Morgan fingerprint density at radius 1 is 1.27 bits per heavy atom. The van der Waals surface area contributed by atoms with Crippen molar-refractivity contribution >= 4 is 33.0 Å².